The third kappa shape index (κ3) is 2.37. The lowest BCUT2D eigenvalue weighted by Gasteiger charge is -2.12. The molecule has 0 radical (unpaired) electrons. The van der Waals surface area contributed by atoms with Crippen molar-refractivity contribution in [1.29, 1.82) is 0 Å². The summed E-state index contributed by atoms with van der Waals surface area (Å²) in [5, 5.41) is 3.43. The van der Waals surface area contributed by atoms with Gasteiger partial charge in [-0.25, -0.2) is 9.97 Å². The topological polar surface area (TPSA) is 101 Å². The first-order valence-corrected chi connectivity index (χ1v) is 6.49. The highest BCUT2D eigenvalue weighted by Gasteiger charge is 2.36. The van der Waals surface area contributed by atoms with Crippen LogP contribution in [0.5, 0.6) is 0 Å². The van der Waals surface area contributed by atoms with Gasteiger partial charge in [0, 0.05) is 13.1 Å². The second-order valence-electron chi connectivity index (χ2n) is 3.86. The number of nitrogens with zero attached hydrogens (tertiary/aromatic N) is 3. The Balaban J connectivity index is 2.17. The number of nitrogens with two attached hydrogens (primary N) is 1. The molecule has 0 bridgehead atoms. The van der Waals surface area contributed by atoms with Crippen molar-refractivity contribution in [3.63, 3.8) is 0 Å². The second kappa shape index (κ2) is 4.81. The maximum Gasteiger partial charge on any atom is 0.251 e. The standard InChI is InChI=1S/C10H13N5O2S/c1-15-8(16)3-5(9(15)17)12-7-4-6(11)13-10(14-7)18-2/h4-5H,3H2,1-2H3,(H3,11,12,13,14). The summed E-state index contributed by atoms with van der Waals surface area (Å²) in [6.45, 7) is 0. The number of nitrogens with one attached hydrogen (secondary N) is 1. The summed E-state index contributed by atoms with van der Waals surface area (Å²) in [6, 6.07) is 0.960. The van der Waals surface area contributed by atoms with E-state index in [4.69, 9.17) is 5.73 Å². The fraction of sp³-hybridized carbons (Fsp3) is 0.400. The highest BCUT2D eigenvalue weighted by atomic mass is 32.2. The van der Waals surface area contributed by atoms with E-state index in [0.29, 0.717) is 16.8 Å². The summed E-state index contributed by atoms with van der Waals surface area (Å²) in [5.41, 5.74) is 5.63. The number of carbonyl (C=O) groups is 2. The minimum atomic E-state index is -0.577. The Morgan fingerprint density at radius 3 is 2.78 bits per heavy atom. The molecule has 8 heteroatoms. The van der Waals surface area contributed by atoms with Crippen molar-refractivity contribution in [2.45, 2.75) is 17.6 Å². The number of nitrogen functional groups attached to an aromatic ring is 1. The Labute approximate surface area is 108 Å². The van der Waals surface area contributed by atoms with Crippen LogP contribution in [-0.2, 0) is 9.59 Å². The molecule has 1 saturated heterocycles. The summed E-state index contributed by atoms with van der Waals surface area (Å²) >= 11 is 1.35. The molecule has 1 aliphatic rings. The van der Waals surface area contributed by atoms with Gasteiger partial charge in [-0.3, -0.25) is 14.5 Å². The largest absolute Gasteiger partial charge is 0.383 e. The smallest absolute Gasteiger partial charge is 0.251 e. The zero-order chi connectivity index (χ0) is 13.3. The van der Waals surface area contributed by atoms with E-state index in [-0.39, 0.29) is 18.2 Å². The van der Waals surface area contributed by atoms with Crippen molar-refractivity contribution in [2.75, 3.05) is 24.4 Å². The lowest BCUT2D eigenvalue weighted by Crippen LogP contribution is -2.32. The van der Waals surface area contributed by atoms with E-state index in [1.807, 2.05) is 6.26 Å². The van der Waals surface area contributed by atoms with Gasteiger partial charge < -0.3 is 11.1 Å². The van der Waals surface area contributed by atoms with Crippen LogP contribution in [0.15, 0.2) is 11.2 Å². The van der Waals surface area contributed by atoms with Crippen molar-refractivity contribution in [2.24, 2.45) is 0 Å². The zero-order valence-corrected chi connectivity index (χ0v) is 10.8. The molecule has 1 aliphatic heterocycles. The molecule has 1 aromatic heterocycles. The second-order valence-corrected chi connectivity index (χ2v) is 4.63. The van der Waals surface area contributed by atoms with Gasteiger partial charge in [-0.1, -0.05) is 11.8 Å². The van der Waals surface area contributed by atoms with Crippen LogP contribution in [-0.4, -0.2) is 46.0 Å². The number of amides is 2. The number of thioether (sulfide) groups is 1. The molecule has 1 fully saturated rings. The average Bonchev–Trinajstić information content (AvgIpc) is 2.56. The third-order valence-corrected chi connectivity index (χ3v) is 3.16. The van der Waals surface area contributed by atoms with Gasteiger partial charge in [-0.05, 0) is 6.26 Å². The van der Waals surface area contributed by atoms with Crippen LogP contribution in [0.2, 0.25) is 0 Å². The lowest BCUT2D eigenvalue weighted by atomic mass is 10.2. The van der Waals surface area contributed by atoms with Crippen LogP contribution in [0.1, 0.15) is 6.42 Å². The first kappa shape index (κ1) is 12.6. The Kier molecular flexibility index (Phi) is 3.37. The van der Waals surface area contributed by atoms with Crippen molar-refractivity contribution in [1.82, 2.24) is 14.9 Å². The zero-order valence-electron chi connectivity index (χ0n) is 10.0. The normalized spacial score (nSPS) is 19.4. The quantitative estimate of drug-likeness (QED) is 0.450. The minimum absolute atomic E-state index is 0.133. The van der Waals surface area contributed by atoms with Gasteiger partial charge in [0.1, 0.15) is 17.7 Å². The summed E-state index contributed by atoms with van der Waals surface area (Å²) < 4.78 is 0. The number of hydrogen-bond acceptors (Lipinski definition) is 7. The minimum Gasteiger partial charge on any atom is -0.383 e. The maximum absolute atomic E-state index is 11.7. The maximum atomic E-state index is 11.7. The number of hydrogen-bond donors (Lipinski definition) is 2. The summed E-state index contributed by atoms with van der Waals surface area (Å²) in [5.74, 6) is 0.308. The highest BCUT2D eigenvalue weighted by Crippen LogP contribution is 2.19. The predicted molar refractivity (Wildman–Crippen MR) is 68.0 cm³/mol. The SMILES string of the molecule is CSc1nc(N)cc(NC2CC(=O)N(C)C2=O)n1. The molecule has 1 aromatic rings. The first-order valence-electron chi connectivity index (χ1n) is 5.26. The van der Waals surface area contributed by atoms with E-state index < -0.39 is 6.04 Å². The van der Waals surface area contributed by atoms with Gasteiger partial charge in [-0.15, -0.1) is 0 Å². The van der Waals surface area contributed by atoms with Gasteiger partial charge in [0.2, 0.25) is 5.91 Å². The molecule has 1 atom stereocenters. The Hall–Kier alpha value is -1.83. The van der Waals surface area contributed by atoms with Gasteiger partial charge in [-0.2, -0.15) is 0 Å². The molecule has 3 N–H and O–H groups in total. The molecule has 2 amide bonds. The van der Waals surface area contributed by atoms with Gasteiger partial charge in [0.25, 0.3) is 5.91 Å². The van der Waals surface area contributed by atoms with Crippen LogP contribution in [0, 0.1) is 0 Å². The lowest BCUT2D eigenvalue weighted by molar-refractivity contribution is -0.136. The van der Waals surface area contributed by atoms with Crippen LogP contribution in [0.25, 0.3) is 0 Å². The summed E-state index contributed by atoms with van der Waals surface area (Å²) in [7, 11) is 1.47. The molecular formula is C10H13N5O2S. The van der Waals surface area contributed by atoms with Gasteiger partial charge in [0.15, 0.2) is 5.16 Å². The number of rotatable bonds is 3. The molecule has 0 spiro atoms. The Morgan fingerprint density at radius 1 is 1.50 bits per heavy atom. The number of carbonyl (C=O) groups excluding carboxylic acids is 2. The average molecular weight is 267 g/mol. The van der Waals surface area contributed by atoms with E-state index >= 15 is 0 Å². The molecule has 18 heavy (non-hydrogen) atoms. The highest BCUT2D eigenvalue weighted by molar-refractivity contribution is 7.98. The fourth-order valence-corrected chi connectivity index (χ4v) is 2.04. The van der Waals surface area contributed by atoms with Crippen LogP contribution >= 0.6 is 11.8 Å². The number of anilines is 2. The molecule has 0 aromatic carbocycles. The molecule has 2 heterocycles. The van der Waals surface area contributed by atoms with Crippen molar-refractivity contribution < 1.29 is 9.59 Å². The Bertz CT molecular complexity index is 507. The fourth-order valence-electron chi connectivity index (χ4n) is 1.66. The predicted octanol–water partition coefficient (Wildman–Crippen LogP) is -0.0501. The monoisotopic (exact) mass is 267 g/mol. The Morgan fingerprint density at radius 2 is 2.22 bits per heavy atom. The summed E-state index contributed by atoms with van der Waals surface area (Å²) in [6.07, 6.45) is 1.96. The van der Waals surface area contributed by atoms with Crippen molar-refractivity contribution in [3.8, 4) is 0 Å². The van der Waals surface area contributed by atoms with E-state index in [0.717, 1.165) is 4.90 Å². The number of imide groups is 1. The number of aromatic nitrogens is 2. The summed E-state index contributed by atoms with van der Waals surface area (Å²) in [4.78, 5) is 32.4. The molecule has 0 aliphatic carbocycles. The van der Waals surface area contributed by atoms with E-state index in [1.54, 1.807) is 0 Å². The van der Waals surface area contributed by atoms with E-state index in [9.17, 15) is 9.59 Å². The van der Waals surface area contributed by atoms with Crippen molar-refractivity contribution in [3.05, 3.63) is 6.07 Å². The molecule has 96 valence electrons. The van der Waals surface area contributed by atoms with Gasteiger partial charge >= 0.3 is 0 Å². The first-order chi connectivity index (χ1) is 8.51. The molecule has 0 saturated carbocycles. The van der Waals surface area contributed by atoms with Crippen LogP contribution in [0.4, 0.5) is 11.6 Å². The molecule has 2 rings (SSSR count). The molecule has 1 unspecified atom stereocenters. The van der Waals surface area contributed by atoms with Crippen LogP contribution in [0.3, 0.4) is 0 Å². The number of likely N-dealkylation sites (tertiary alicyclic amines) is 1. The van der Waals surface area contributed by atoms with E-state index in [2.05, 4.69) is 15.3 Å². The molecular weight excluding hydrogens is 254 g/mol. The van der Waals surface area contributed by atoms with Crippen LogP contribution < -0.4 is 11.1 Å². The third-order valence-electron chi connectivity index (χ3n) is 2.61. The van der Waals surface area contributed by atoms with E-state index in [1.165, 1.54) is 24.9 Å². The van der Waals surface area contributed by atoms with Gasteiger partial charge in [0.05, 0.1) is 6.42 Å². The molecule has 7 nitrogen and oxygen atoms in total. The number of likely N-dealkylation sites (N-methyl/N-ethyl adjacent to an activating group) is 1. The van der Waals surface area contributed by atoms with Crippen molar-refractivity contribution >= 4 is 35.2 Å².